The van der Waals surface area contributed by atoms with E-state index in [1.165, 1.54) is 44.9 Å². The van der Waals surface area contributed by atoms with Crippen molar-refractivity contribution in [3.05, 3.63) is 30.6 Å². The Kier molecular flexibility index (Phi) is 15.6. The fourth-order valence-electron chi connectivity index (χ4n) is 2.84. The highest BCUT2D eigenvalue weighted by Gasteiger charge is 2.14. The molecular weight excluding hydrogens is 364 g/mol. The monoisotopic (exact) mass is 398 g/mol. The van der Waals surface area contributed by atoms with Gasteiger partial charge in [-0.2, -0.15) is 4.57 Å². The molecule has 0 saturated heterocycles. The molecule has 5 nitrogen and oxygen atoms in total. The van der Waals surface area contributed by atoms with E-state index < -0.39 is 6.23 Å². The number of unbranched alkanes of at least 4 members (excludes halogenated alkanes) is 8. The van der Waals surface area contributed by atoms with Crippen LogP contribution in [0.1, 0.15) is 78.1 Å². The van der Waals surface area contributed by atoms with Gasteiger partial charge in [0.15, 0.2) is 18.6 Å². The highest BCUT2D eigenvalue weighted by Crippen LogP contribution is 2.10. The van der Waals surface area contributed by atoms with Gasteiger partial charge in [-0.25, -0.2) is 0 Å². The highest BCUT2D eigenvalue weighted by molar-refractivity contribution is 5.75. The molecule has 0 aliphatic rings. The molecule has 1 N–H and O–H groups in total. The van der Waals surface area contributed by atoms with Crippen LogP contribution in [0.5, 0.6) is 0 Å². The summed E-state index contributed by atoms with van der Waals surface area (Å²) in [5.74, 6) is -0.419. The number of rotatable bonds is 14. The summed E-state index contributed by atoms with van der Waals surface area (Å²) in [5, 5.41) is 2.69. The third-order valence-corrected chi connectivity index (χ3v) is 4.26. The fraction of sp³-hybridized carbons (Fsp3) is 0.667. The molecule has 154 valence electrons. The number of ether oxygens (including phenoxy) is 1. The Labute approximate surface area is 170 Å². The van der Waals surface area contributed by atoms with Crippen molar-refractivity contribution in [2.75, 3.05) is 0 Å². The molecule has 0 spiro atoms. The van der Waals surface area contributed by atoms with Crippen molar-refractivity contribution in [3.63, 3.8) is 0 Å². The van der Waals surface area contributed by atoms with E-state index in [1.807, 2.05) is 30.6 Å². The second-order valence-electron chi connectivity index (χ2n) is 6.83. The Hall–Kier alpha value is -1.62. The lowest BCUT2D eigenvalue weighted by molar-refractivity contribution is -0.684. The predicted molar refractivity (Wildman–Crippen MR) is 102 cm³/mol. The fourth-order valence-corrected chi connectivity index (χ4v) is 2.84. The van der Waals surface area contributed by atoms with Gasteiger partial charge in [0.05, 0.1) is 0 Å². The number of carbonyl (C=O) groups is 2. The lowest BCUT2D eigenvalue weighted by Crippen LogP contribution is -3.00. The van der Waals surface area contributed by atoms with Gasteiger partial charge >= 0.3 is 5.97 Å². The van der Waals surface area contributed by atoms with E-state index in [1.54, 1.807) is 11.5 Å². The van der Waals surface area contributed by atoms with Gasteiger partial charge in [0.2, 0.25) is 6.54 Å². The summed E-state index contributed by atoms with van der Waals surface area (Å²) < 4.78 is 7.02. The minimum Gasteiger partial charge on any atom is -1.00 e. The molecular formula is C21H35ClN2O3. The molecule has 1 aromatic heterocycles. The van der Waals surface area contributed by atoms with Gasteiger partial charge in [0, 0.05) is 18.6 Å². The molecule has 6 heteroatoms. The summed E-state index contributed by atoms with van der Waals surface area (Å²) in [6, 6.07) is 5.62. The first kappa shape index (κ1) is 25.4. The van der Waals surface area contributed by atoms with Crippen LogP contribution in [0.3, 0.4) is 0 Å². The summed E-state index contributed by atoms with van der Waals surface area (Å²) in [4.78, 5) is 23.7. The van der Waals surface area contributed by atoms with Crippen LogP contribution in [0.2, 0.25) is 0 Å². The molecule has 27 heavy (non-hydrogen) atoms. The number of esters is 1. The van der Waals surface area contributed by atoms with Crippen LogP contribution in [0.4, 0.5) is 0 Å². The molecule has 0 aliphatic heterocycles. The van der Waals surface area contributed by atoms with Crippen molar-refractivity contribution >= 4 is 11.9 Å². The lowest BCUT2D eigenvalue weighted by Gasteiger charge is -2.14. The summed E-state index contributed by atoms with van der Waals surface area (Å²) in [6.45, 7) is 4.12. The first-order valence-corrected chi connectivity index (χ1v) is 10.0. The number of nitrogens with zero attached hydrogens (tertiary/aromatic N) is 1. The van der Waals surface area contributed by atoms with Crippen LogP contribution in [-0.4, -0.2) is 18.1 Å². The van der Waals surface area contributed by atoms with Crippen LogP contribution in [-0.2, 0) is 20.9 Å². The van der Waals surface area contributed by atoms with E-state index in [0.717, 1.165) is 12.8 Å². The average Bonchev–Trinajstić information content (AvgIpc) is 2.60. The minimum absolute atomic E-state index is 0. The normalized spacial score (nSPS) is 11.3. The molecule has 0 fully saturated rings. The predicted octanol–water partition coefficient (Wildman–Crippen LogP) is 0.904. The van der Waals surface area contributed by atoms with Crippen molar-refractivity contribution in [2.45, 2.75) is 90.8 Å². The van der Waals surface area contributed by atoms with Gasteiger partial charge in [0.25, 0.3) is 5.91 Å². The van der Waals surface area contributed by atoms with Crippen LogP contribution < -0.4 is 22.3 Å². The molecule has 0 aromatic carbocycles. The lowest BCUT2D eigenvalue weighted by atomic mass is 10.1. The maximum Gasteiger partial charge on any atom is 0.307 e. The smallest absolute Gasteiger partial charge is 0.307 e. The second kappa shape index (κ2) is 16.5. The Bertz CT molecular complexity index is 511. The van der Waals surface area contributed by atoms with Crippen molar-refractivity contribution in [1.82, 2.24) is 5.32 Å². The number of hydrogen-bond donors (Lipinski definition) is 1. The number of nitrogens with one attached hydrogen (secondary N) is 1. The highest BCUT2D eigenvalue weighted by atomic mass is 35.5. The maximum atomic E-state index is 11.9. The maximum absolute atomic E-state index is 11.9. The average molecular weight is 399 g/mol. The number of carbonyl (C=O) groups excluding carboxylic acids is 2. The number of halogens is 1. The Morgan fingerprint density at radius 1 is 0.926 bits per heavy atom. The summed E-state index contributed by atoms with van der Waals surface area (Å²) in [7, 11) is 0. The molecule has 0 bridgehead atoms. The van der Waals surface area contributed by atoms with Gasteiger partial charge in [0.1, 0.15) is 0 Å². The molecule has 0 radical (unpaired) electrons. The quantitative estimate of drug-likeness (QED) is 0.219. The number of aromatic nitrogens is 1. The standard InChI is InChI=1S/C21H34N2O3.ClH/c1-3-4-5-6-7-8-9-10-12-15-21(25)26-19(2)22-20(24)18-23-16-13-11-14-17-23;/h11,13-14,16-17,19H,3-10,12,15,18H2,1-2H3;1H. The molecule has 1 unspecified atom stereocenters. The largest absolute Gasteiger partial charge is 1.00 e. The minimum atomic E-state index is -0.599. The number of amides is 1. The van der Waals surface area contributed by atoms with Crippen LogP contribution >= 0.6 is 0 Å². The van der Waals surface area contributed by atoms with E-state index in [-0.39, 0.29) is 30.8 Å². The van der Waals surface area contributed by atoms with E-state index in [9.17, 15) is 9.59 Å². The van der Waals surface area contributed by atoms with Crippen LogP contribution in [0.25, 0.3) is 0 Å². The Morgan fingerprint density at radius 3 is 2.07 bits per heavy atom. The van der Waals surface area contributed by atoms with Crippen LogP contribution in [0.15, 0.2) is 30.6 Å². The van der Waals surface area contributed by atoms with Gasteiger partial charge in [-0.1, -0.05) is 64.4 Å². The van der Waals surface area contributed by atoms with Gasteiger partial charge in [-0.3, -0.25) is 9.59 Å². The third kappa shape index (κ3) is 14.1. The van der Waals surface area contributed by atoms with E-state index in [4.69, 9.17) is 4.74 Å². The topological polar surface area (TPSA) is 59.3 Å². The zero-order valence-corrected chi connectivity index (χ0v) is 17.5. The Morgan fingerprint density at radius 2 is 1.48 bits per heavy atom. The zero-order valence-electron chi connectivity index (χ0n) is 16.8. The summed E-state index contributed by atoms with van der Waals surface area (Å²) >= 11 is 0. The van der Waals surface area contributed by atoms with E-state index >= 15 is 0 Å². The molecule has 0 saturated carbocycles. The van der Waals surface area contributed by atoms with Gasteiger partial charge < -0.3 is 22.5 Å². The Balaban J connectivity index is 0.00000676. The molecule has 1 amide bonds. The van der Waals surface area contributed by atoms with Gasteiger partial charge in [-0.15, -0.1) is 0 Å². The molecule has 1 heterocycles. The molecule has 1 aromatic rings. The molecule has 1 atom stereocenters. The summed E-state index contributed by atoms with van der Waals surface area (Å²) in [6.07, 6.45) is 14.4. The van der Waals surface area contributed by atoms with Gasteiger partial charge in [-0.05, 0) is 13.3 Å². The number of pyridine rings is 1. The summed E-state index contributed by atoms with van der Waals surface area (Å²) in [5.41, 5.74) is 0. The SMILES string of the molecule is CCCCCCCCCCCC(=O)OC(C)NC(=O)C[n+]1ccccc1.[Cl-]. The van der Waals surface area contributed by atoms with Crippen molar-refractivity contribution in [3.8, 4) is 0 Å². The van der Waals surface area contributed by atoms with Crippen LogP contribution in [0, 0.1) is 0 Å². The van der Waals surface area contributed by atoms with Crippen molar-refractivity contribution in [2.24, 2.45) is 0 Å². The van der Waals surface area contributed by atoms with Crippen molar-refractivity contribution < 1.29 is 31.3 Å². The second-order valence-corrected chi connectivity index (χ2v) is 6.83. The zero-order chi connectivity index (χ0) is 19.0. The molecule has 0 aliphatic carbocycles. The third-order valence-electron chi connectivity index (χ3n) is 4.26. The molecule has 1 rings (SSSR count). The first-order chi connectivity index (χ1) is 12.6. The first-order valence-electron chi connectivity index (χ1n) is 10.0. The van der Waals surface area contributed by atoms with E-state index in [0.29, 0.717) is 6.42 Å². The van der Waals surface area contributed by atoms with Crippen molar-refractivity contribution in [1.29, 1.82) is 0 Å². The van der Waals surface area contributed by atoms with E-state index in [2.05, 4.69) is 12.2 Å². The number of hydrogen-bond acceptors (Lipinski definition) is 3.